The topological polar surface area (TPSA) is 3.24 Å². The largest absolute Gasteiger partial charge is 0.310 e. The lowest BCUT2D eigenvalue weighted by molar-refractivity contribution is 1.28. The molecule has 0 saturated carbocycles. The summed E-state index contributed by atoms with van der Waals surface area (Å²) in [4.78, 5) is 2.39. The molecule has 10 aromatic carbocycles. The van der Waals surface area contributed by atoms with E-state index in [0.717, 1.165) is 17.1 Å². The highest BCUT2D eigenvalue weighted by atomic mass is 15.1. The fourth-order valence-corrected chi connectivity index (χ4v) is 8.06. The van der Waals surface area contributed by atoms with Crippen LogP contribution in [-0.4, -0.2) is 0 Å². The van der Waals surface area contributed by atoms with E-state index >= 15 is 0 Å². The molecule has 10 rings (SSSR count). The highest BCUT2D eigenvalue weighted by Gasteiger charge is 2.16. The molecule has 1 heteroatoms. The molecule has 0 spiro atoms. The molecule has 0 fully saturated rings. The van der Waals surface area contributed by atoms with Gasteiger partial charge in [0, 0.05) is 17.1 Å². The Balaban J connectivity index is 1.09. The highest BCUT2D eigenvalue weighted by Crippen LogP contribution is 2.41. The van der Waals surface area contributed by atoms with Gasteiger partial charge in [0.1, 0.15) is 0 Å². The number of hydrogen-bond acceptors (Lipinski definition) is 1. The van der Waals surface area contributed by atoms with Crippen LogP contribution >= 0.6 is 0 Å². The molecule has 0 radical (unpaired) electrons. The zero-order valence-electron chi connectivity index (χ0n) is 30.3. The fraction of sp³-hybridized carbons (Fsp3) is 0. The van der Waals surface area contributed by atoms with Crippen molar-refractivity contribution in [3.8, 4) is 44.5 Å². The minimum absolute atomic E-state index is 1.10. The van der Waals surface area contributed by atoms with E-state index in [-0.39, 0.29) is 0 Å². The van der Waals surface area contributed by atoms with Crippen LogP contribution in [0.25, 0.3) is 76.8 Å². The molecule has 0 N–H and O–H groups in total. The van der Waals surface area contributed by atoms with Gasteiger partial charge in [0.15, 0.2) is 0 Å². The normalized spacial score (nSPS) is 11.3. The van der Waals surface area contributed by atoms with Crippen LogP contribution in [-0.2, 0) is 0 Å². The zero-order valence-corrected chi connectivity index (χ0v) is 30.3. The lowest BCUT2D eigenvalue weighted by Gasteiger charge is -2.27. The third-order valence-corrected chi connectivity index (χ3v) is 10.8. The van der Waals surface area contributed by atoms with Crippen molar-refractivity contribution in [3.63, 3.8) is 0 Å². The lowest BCUT2D eigenvalue weighted by atomic mass is 9.93. The van der Waals surface area contributed by atoms with Crippen LogP contribution in [0.15, 0.2) is 224 Å². The number of benzene rings is 10. The second kappa shape index (κ2) is 14.0. The molecule has 0 aliphatic rings. The van der Waals surface area contributed by atoms with E-state index in [0.29, 0.717) is 0 Å². The quantitative estimate of drug-likeness (QED) is 0.160. The third-order valence-electron chi connectivity index (χ3n) is 10.8. The summed E-state index contributed by atoms with van der Waals surface area (Å²) in [5.74, 6) is 0. The van der Waals surface area contributed by atoms with E-state index in [1.54, 1.807) is 0 Å². The fourth-order valence-electron chi connectivity index (χ4n) is 8.06. The predicted molar refractivity (Wildman–Crippen MR) is 235 cm³/mol. The predicted octanol–water partition coefficient (Wildman–Crippen LogP) is 15.3. The van der Waals surface area contributed by atoms with Gasteiger partial charge in [-0.05, 0) is 125 Å². The molecule has 0 aliphatic heterocycles. The first-order valence-corrected chi connectivity index (χ1v) is 18.9. The molecular weight excluding hydrogens is 663 g/mol. The SMILES string of the molecule is c1cc(-c2ccc3ccccc3c2)cc(N(c2ccc(-c3ccccc3-c3ccc4ccccc4c3)cc2)c2cccc(-c3cccc4ccccc34)c2)c1. The maximum atomic E-state index is 2.39. The minimum atomic E-state index is 1.10. The Morgan fingerprint density at radius 2 is 0.655 bits per heavy atom. The highest BCUT2D eigenvalue weighted by molar-refractivity contribution is 5.98. The Bertz CT molecular complexity index is 2990. The number of fused-ring (bicyclic) bond motifs is 3. The molecule has 55 heavy (non-hydrogen) atoms. The molecule has 0 amide bonds. The van der Waals surface area contributed by atoms with Gasteiger partial charge in [0.2, 0.25) is 0 Å². The maximum absolute atomic E-state index is 2.39. The van der Waals surface area contributed by atoms with Gasteiger partial charge in [-0.3, -0.25) is 0 Å². The summed E-state index contributed by atoms with van der Waals surface area (Å²) in [6.07, 6.45) is 0. The Morgan fingerprint density at radius 3 is 1.36 bits per heavy atom. The van der Waals surface area contributed by atoms with Crippen LogP contribution < -0.4 is 4.90 Å². The monoisotopic (exact) mass is 699 g/mol. The lowest BCUT2D eigenvalue weighted by Crippen LogP contribution is -2.10. The number of hydrogen-bond donors (Lipinski definition) is 0. The molecule has 0 unspecified atom stereocenters. The van der Waals surface area contributed by atoms with Gasteiger partial charge in [0.25, 0.3) is 0 Å². The number of rotatable bonds is 7. The summed E-state index contributed by atoms with van der Waals surface area (Å²) in [7, 11) is 0. The van der Waals surface area contributed by atoms with Gasteiger partial charge in [-0.15, -0.1) is 0 Å². The average Bonchev–Trinajstić information content (AvgIpc) is 3.26. The van der Waals surface area contributed by atoms with Gasteiger partial charge in [-0.1, -0.05) is 176 Å². The summed E-state index contributed by atoms with van der Waals surface area (Å²) in [5, 5.41) is 7.48. The molecular formula is C54H37N. The van der Waals surface area contributed by atoms with Crippen molar-refractivity contribution in [1.29, 1.82) is 0 Å². The van der Waals surface area contributed by atoms with Crippen LogP contribution in [0.2, 0.25) is 0 Å². The van der Waals surface area contributed by atoms with Crippen LogP contribution in [0.4, 0.5) is 17.1 Å². The van der Waals surface area contributed by atoms with E-state index < -0.39 is 0 Å². The van der Waals surface area contributed by atoms with E-state index in [4.69, 9.17) is 0 Å². The third kappa shape index (κ3) is 6.22. The van der Waals surface area contributed by atoms with Gasteiger partial charge in [-0.2, -0.15) is 0 Å². The molecule has 0 heterocycles. The summed E-state index contributed by atoms with van der Waals surface area (Å²) >= 11 is 0. The van der Waals surface area contributed by atoms with E-state index in [2.05, 4.69) is 229 Å². The average molecular weight is 700 g/mol. The Kier molecular flexibility index (Phi) is 8.24. The molecule has 0 aliphatic carbocycles. The summed E-state index contributed by atoms with van der Waals surface area (Å²) in [5.41, 5.74) is 12.9. The Labute approximate surface area is 322 Å². The summed E-state index contributed by atoms with van der Waals surface area (Å²) in [6.45, 7) is 0. The second-order valence-electron chi connectivity index (χ2n) is 14.2. The van der Waals surface area contributed by atoms with Crippen LogP contribution in [0, 0.1) is 0 Å². The summed E-state index contributed by atoms with van der Waals surface area (Å²) < 4.78 is 0. The first-order chi connectivity index (χ1) is 27.2. The first kappa shape index (κ1) is 32.4. The second-order valence-corrected chi connectivity index (χ2v) is 14.2. The summed E-state index contributed by atoms with van der Waals surface area (Å²) in [6, 6.07) is 81.5. The zero-order chi connectivity index (χ0) is 36.6. The smallest absolute Gasteiger partial charge is 0.0467 e. The Hall–Kier alpha value is -7.22. The first-order valence-electron chi connectivity index (χ1n) is 18.9. The van der Waals surface area contributed by atoms with Crippen LogP contribution in [0.5, 0.6) is 0 Å². The molecule has 0 atom stereocenters. The van der Waals surface area contributed by atoms with E-state index in [1.165, 1.54) is 76.8 Å². The van der Waals surface area contributed by atoms with E-state index in [9.17, 15) is 0 Å². The Morgan fingerprint density at radius 1 is 0.218 bits per heavy atom. The van der Waals surface area contributed by atoms with Gasteiger partial charge in [-0.25, -0.2) is 0 Å². The number of nitrogens with zero attached hydrogens (tertiary/aromatic N) is 1. The minimum Gasteiger partial charge on any atom is -0.310 e. The van der Waals surface area contributed by atoms with Crippen molar-refractivity contribution in [2.45, 2.75) is 0 Å². The molecule has 0 saturated heterocycles. The van der Waals surface area contributed by atoms with Crippen molar-refractivity contribution >= 4 is 49.4 Å². The van der Waals surface area contributed by atoms with Crippen molar-refractivity contribution < 1.29 is 0 Å². The maximum Gasteiger partial charge on any atom is 0.0467 e. The van der Waals surface area contributed by atoms with Crippen molar-refractivity contribution in [2.24, 2.45) is 0 Å². The van der Waals surface area contributed by atoms with Crippen molar-refractivity contribution in [1.82, 2.24) is 0 Å². The van der Waals surface area contributed by atoms with Crippen LogP contribution in [0.3, 0.4) is 0 Å². The molecule has 1 nitrogen and oxygen atoms in total. The van der Waals surface area contributed by atoms with Crippen LogP contribution in [0.1, 0.15) is 0 Å². The van der Waals surface area contributed by atoms with Crippen molar-refractivity contribution in [2.75, 3.05) is 4.90 Å². The number of anilines is 3. The molecule has 0 bridgehead atoms. The van der Waals surface area contributed by atoms with E-state index in [1.807, 2.05) is 0 Å². The molecule has 10 aromatic rings. The van der Waals surface area contributed by atoms with Gasteiger partial charge >= 0.3 is 0 Å². The van der Waals surface area contributed by atoms with Crippen molar-refractivity contribution in [3.05, 3.63) is 224 Å². The standard InChI is InChI=1S/C54H37N/c1-3-15-42-34-45(28-26-38(42)12-1)44-18-9-20-49(36-44)55(50-21-10-19-46(37-50)54-25-11-17-40-14-5-6-22-51(40)54)48-32-30-41(31-33-48)52-23-7-8-24-53(52)47-29-27-39-13-2-4-16-43(39)35-47/h1-37H. The van der Waals surface area contributed by atoms with Gasteiger partial charge < -0.3 is 4.90 Å². The molecule has 0 aromatic heterocycles. The van der Waals surface area contributed by atoms with Gasteiger partial charge in [0.05, 0.1) is 0 Å². The molecule has 258 valence electrons.